The van der Waals surface area contributed by atoms with E-state index in [4.69, 9.17) is 4.74 Å². The maximum atomic E-state index is 12.8. The Bertz CT molecular complexity index is 589. The molecular weight excluding hydrogens is 327 g/mol. The van der Waals surface area contributed by atoms with Crippen molar-refractivity contribution in [1.82, 2.24) is 10.7 Å². The second kappa shape index (κ2) is 9.66. The molecule has 0 fully saturated rings. The molecule has 2 N–H and O–H groups in total. The molecule has 0 bridgehead atoms. The van der Waals surface area contributed by atoms with Crippen LogP contribution in [-0.2, 0) is 20.5 Å². The Kier molecular flexibility index (Phi) is 7.90. The van der Waals surface area contributed by atoms with Crippen molar-refractivity contribution < 1.29 is 27.5 Å². The Morgan fingerprint density at radius 2 is 1.96 bits per heavy atom. The molecule has 0 heterocycles. The lowest BCUT2D eigenvalue weighted by atomic mass is 10.1. The number of benzene rings is 1. The molecule has 0 aliphatic carbocycles. The molecule has 0 aromatic heterocycles. The fraction of sp³-hybridized carbons (Fsp3) is 0.400. The Morgan fingerprint density at radius 1 is 1.25 bits per heavy atom. The third-order valence-corrected chi connectivity index (χ3v) is 2.83. The van der Waals surface area contributed by atoms with E-state index in [0.717, 1.165) is 12.3 Å². The highest BCUT2D eigenvalue weighted by Gasteiger charge is 2.32. The zero-order valence-electron chi connectivity index (χ0n) is 13.0. The third kappa shape index (κ3) is 7.23. The van der Waals surface area contributed by atoms with E-state index in [-0.39, 0.29) is 5.56 Å². The third-order valence-electron chi connectivity index (χ3n) is 2.83. The summed E-state index contributed by atoms with van der Waals surface area (Å²) < 4.78 is 43.1. The Balaban J connectivity index is 2.47. The van der Waals surface area contributed by atoms with Crippen LogP contribution in [-0.4, -0.2) is 38.3 Å². The lowest BCUT2D eigenvalue weighted by molar-refractivity contribution is -0.137. The van der Waals surface area contributed by atoms with Crippen molar-refractivity contribution in [3.8, 4) is 0 Å². The van der Waals surface area contributed by atoms with Gasteiger partial charge in [-0.05, 0) is 12.5 Å². The van der Waals surface area contributed by atoms with Gasteiger partial charge in [0.25, 0.3) is 0 Å². The van der Waals surface area contributed by atoms with E-state index >= 15 is 0 Å². The Hall–Kier alpha value is -2.42. The first-order chi connectivity index (χ1) is 11.3. The van der Waals surface area contributed by atoms with Gasteiger partial charge in [0, 0.05) is 25.8 Å². The lowest BCUT2D eigenvalue weighted by Gasteiger charge is -2.09. The molecule has 0 saturated carbocycles. The fourth-order valence-corrected chi connectivity index (χ4v) is 1.73. The number of amides is 2. The van der Waals surface area contributed by atoms with Gasteiger partial charge in [0.15, 0.2) is 0 Å². The lowest BCUT2D eigenvalue weighted by Crippen LogP contribution is -2.30. The van der Waals surface area contributed by atoms with Gasteiger partial charge in [-0.25, -0.2) is 5.43 Å². The minimum Gasteiger partial charge on any atom is -0.385 e. The van der Waals surface area contributed by atoms with E-state index in [0.29, 0.717) is 19.6 Å². The largest absolute Gasteiger partial charge is 0.417 e. The van der Waals surface area contributed by atoms with E-state index in [1.54, 1.807) is 0 Å². The Morgan fingerprint density at radius 3 is 2.62 bits per heavy atom. The van der Waals surface area contributed by atoms with Gasteiger partial charge in [-0.1, -0.05) is 18.2 Å². The number of nitrogens with zero attached hydrogens (tertiary/aromatic N) is 1. The summed E-state index contributed by atoms with van der Waals surface area (Å²) >= 11 is 0. The molecule has 2 amide bonds. The average molecular weight is 345 g/mol. The standard InChI is InChI=1S/C15H18F3N3O3/c1-24-8-4-7-19-13(22)9-14(23)21-20-10-11-5-2-3-6-12(11)15(16,17)18/h2-3,5-6,10H,4,7-9H2,1H3,(H,19,22)(H,21,23)/b20-10+. The molecule has 0 aliphatic rings. The monoisotopic (exact) mass is 345 g/mol. The molecule has 0 atom stereocenters. The van der Waals surface area contributed by atoms with Crippen LogP contribution in [0.3, 0.4) is 0 Å². The van der Waals surface area contributed by atoms with E-state index in [1.165, 1.54) is 25.3 Å². The van der Waals surface area contributed by atoms with E-state index in [1.807, 2.05) is 5.43 Å². The first kappa shape index (κ1) is 19.6. The highest BCUT2D eigenvalue weighted by Crippen LogP contribution is 2.30. The van der Waals surface area contributed by atoms with Crippen molar-refractivity contribution in [2.45, 2.75) is 19.0 Å². The van der Waals surface area contributed by atoms with Crippen LogP contribution in [0.25, 0.3) is 0 Å². The first-order valence-corrected chi connectivity index (χ1v) is 7.08. The van der Waals surface area contributed by atoms with E-state index in [9.17, 15) is 22.8 Å². The number of carbonyl (C=O) groups excluding carboxylic acids is 2. The molecule has 0 unspecified atom stereocenters. The van der Waals surface area contributed by atoms with Crippen molar-refractivity contribution >= 4 is 18.0 Å². The quantitative estimate of drug-likeness (QED) is 0.326. The number of nitrogens with one attached hydrogen (secondary N) is 2. The molecular formula is C15H18F3N3O3. The summed E-state index contributed by atoms with van der Waals surface area (Å²) in [5, 5.41) is 5.96. The van der Waals surface area contributed by atoms with Crippen molar-refractivity contribution in [3.63, 3.8) is 0 Å². The summed E-state index contributed by atoms with van der Waals surface area (Å²) in [6, 6.07) is 4.82. The van der Waals surface area contributed by atoms with Gasteiger partial charge in [0.1, 0.15) is 6.42 Å². The topological polar surface area (TPSA) is 79.8 Å². The zero-order chi connectivity index (χ0) is 18.0. The summed E-state index contributed by atoms with van der Waals surface area (Å²) in [4.78, 5) is 22.9. The van der Waals surface area contributed by atoms with Crippen LogP contribution in [0.1, 0.15) is 24.0 Å². The van der Waals surface area contributed by atoms with Gasteiger partial charge in [0.2, 0.25) is 11.8 Å². The minimum absolute atomic E-state index is 0.186. The molecule has 0 saturated heterocycles. The van der Waals surface area contributed by atoms with Crippen LogP contribution in [0.2, 0.25) is 0 Å². The average Bonchev–Trinajstić information content (AvgIpc) is 2.51. The second-order valence-electron chi connectivity index (χ2n) is 4.75. The molecule has 6 nitrogen and oxygen atoms in total. The number of alkyl halides is 3. The van der Waals surface area contributed by atoms with Gasteiger partial charge in [-0.15, -0.1) is 0 Å². The van der Waals surface area contributed by atoms with Gasteiger partial charge in [-0.2, -0.15) is 18.3 Å². The molecule has 24 heavy (non-hydrogen) atoms. The van der Waals surface area contributed by atoms with Crippen LogP contribution in [0.5, 0.6) is 0 Å². The SMILES string of the molecule is COCCCNC(=O)CC(=O)N/N=C/c1ccccc1C(F)(F)F. The smallest absolute Gasteiger partial charge is 0.385 e. The van der Waals surface area contributed by atoms with Crippen LogP contribution in [0.4, 0.5) is 13.2 Å². The molecule has 0 radical (unpaired) electrons. The minimum atomic E-state index is -4.52. The summed E-state index contributed by atoms with van der Waals surface area (Å²) in [6.45, 7) is 0.845. The number of hydrogen-bond acceptors (Lipinski definition) is 4. The van der Waals surface area contributed by atoms with Crippen LogP contribution >= 0.6 is 0 Å². The summed E-state index contributed by atoms with van der Waals surface area (Å²) in [5.74, 6) is -1.23. The summed E-state index contributed by atoms with van der Waals surface area (Å²) in [7, 11) is 1.53. The molecule has 132 valence electrons. The number of carbonyl (C=O) groups is 2. The maximum Gasteiger partial charge on any atom is 0.417 e. The van der Waals surface area contributed by atoms with Crippen molar-refractivity contribution in [2.75, 3.05) is 20.3 Å². The number of methoxy groups -OCH3 is 1. The van der Waals surface area contributed by atoms with Crippen LogP contribution in [0, 0.1) is 0 Å². The van der Waals surface area contributed by atoms with Gasteiger partial charge in [0.05, 0.1) is 11.8 Å². The van der Waals surface area contributed by atoms with Gasteiger partial charge >= 0.3 is 6.18 Å². The number of hydrogen-bond donors (Lipinski definition) is 2. The molecule has 0 spiro atoms. The second-order valence-corrected chi connectivity index (χ2v) is 4.75. The molecule has 9 heteroatoms. The zero-order valence-corrected chi connectivity index (χ0v) is 13.0. The highest BCUT2D eigenvalue weighted by molar-refractivity contribution is 5.97. The van der Waals surface area contributed by atoms with Gasteiger partial charge < -0.3 is 10.1 Å². The van der Waals surface area contributed by atoms with E-state index < -0.39 is 30.0 Å². The number of ether oxygens (including phenoxy) is 1. The maximum absolute atomic E-state index is 12.8. The predicted molar refractivity (Wildman–Crippen MR) is 81.3 cm³/mol. The van der Waals surface area contributed by atoms with Crippen LogP contribution in [0.15, 0.2) is 29.4 Å². The highest BCUT2D eigenvalue weighted by atomic mass is 19.4. The van der Waals surface area contributed by atoms with Gasteiger partial charge in [-0.3, -0.25) is 9.59 Å². The Labute approximate surface area is 137 Å². The molecule has 1 aromatic carbocycles. The molecule has 1 rings (SSSR count). The molecule has 1 aromatic rings. The van der Waals surface area contributed by atoms with Crippen molar-refractivity contribution in [3.05, 3.63) is 35.4 Å². The van der Waals surface area contributed by atoms with Crippen molar-refractivity contribution in [2.24, 2.45) is 5.10 Å². The van der Waals surface area contributed by atoms with Crippen LogP contribution < -0.4 is 10.7 Å². The van der Waals surface area contributed by atoms with E-state index in [2.05, 4.69) is 10.4 Å². The van der Waals surface area contributed by atoms with Crippen molar-refractivity contribution in [1.29, 1.82) is 0 Å². The number of hydrazone groups is 1. The predicted octanol–water partition coefficient (Wildman–Crippen LogP) is 1.70. The normalized spacial score (nSPS) is 11.5. The first-order valence-electron chi connectivity index (χ1n) is 7.08. The number of rotatable bonds is 8. The summed E-state index contributed by atoms with van der Waals surface area (Å²) in [6.07, 6.45) is -3.49. The number of halogens is 3. The fourth-order valence-electron chi connectivity index (χ4n) is 1.73. The summed E-state index contributed by atoms with van der Waals surface area (Å²) in [5.41, 5.74) is 0.972. The molecule has 0 aliphatic heterocycles.